The van der Waals surface area contributed by atoms with Gasteiger partial charge in [0, 0.05) is 18.0 Å². The lowest BCUT2D eigenvalue weighted by Gasteiger charge is -2.19. The summed E-state index contributed by atoms with van der Waals surface area (Å²) in [4.78, 5) is 10.5. The summed E-state index contributed by atoms with van der Waals surface area (Å²) >= 11 is 0. The maximum atomic E-state index is 10.5. The highest BCUT2D eigenvalue weighted by Crippen LogP contribution is 2.42. The number of rotatable bonds is 9. The zero-order valence-corrected chi connectivity index (χ0v) is 12.7. The number of carbonyl (C=O) groups is 1. The van der Waals surface area contributed by atoms with Gasteiger partial charge in [-0.2, -0.15) is 0 Å². The average Bonchev–Trinajstić information content (AvgIpc) is 2.49. The van der Waals surface area contributed by atoms with E-state index in [0.29, 0.717) is 30.1 Å². The van der Waals surface area contributed by atoms with Gasteiger partial charge < -0.3 is 25.1 Å². The summed E-state index contributed by atoms with van der Waals surface area (Å²) in [5.74, 6) is 0.865. The average molecular weight is 297 g/mol. The van der Waals surface area contributed by atoms with E-state index in [2.05, 4.69) is 0 Å². The van der Waals surface area contributed by atoms with Crippen LogP contribution in [0, 0.1) is 0 Å². The van der Waals surface area contributed by atoms with Gasteiger partial charge in [-0.3, -0.25) is 4.79 Å². The van der Waals surface area contributed by atoms with Crippen LogP contribution in [0.3, 0.4) is 0 Å². The summed E-state index contributed by atoms with van der Waals surface area (Å²) in [6.45, 7) is 0. The Labute approximate surface area is 124 Å². The first-order chi connectivity index (χ1) is 10.0. The van der Waals surface area contributed by atoms with Gasteiger partial charge in [-0.25, -0.2) is 0 Å². The Morgan fingerprint density at radius 2 is 1.81 bits per heavy atom. The minimum absolute atomic E-state index is 0.162. The number of carboxylic acid groups (broad SMARTS) is 1. The first-order valence-electron chi connectivity index (χ1n) is 6.81. The third kappa shape index (κ3) is 4.53. The molecular weight excluding hydrogens is 274 g/mol. The quantitative estimate of drug-likeness (QED) is 0.680. The third-order valence-corrected chi connectivity index (χ3v) is 3.29. The van der Waals surface area contributed by atoms with E-state index in [1.807, 2.05) is 6.07 Å². The van der Waals surface area contributed by atoms with E-state index in [9.17, 15) is 4.79 Å². The predicted molar refractivity (Wildman–Crippen MR) is 79.1 cm³/mol. The van der Waals surface area contributed by atoms with E-state index in [1.165, 1.54) is 0 Å². The Kier molecular flexibility index (Phi) is 6.81. The Hall–Kier alpha value is -1.95. The molecule has 0 radical (unpaired) electrons. The molecule has 0 spiro atoms. The van der Waals surface area contributed by atoms with Crippen LogP contribution in [0.2, 0.25) is 0 Å². The van der Waals surface area contributed by atoms with Crippen LogP contribution in [0.1, 0.15) is 37.3 Å². The van der Waals surface area contributed by atoms with Crippen LogP contribution in [0.15, 0.2) is 12.1 Å². The van der Waals surface area contributed by atoms with Crippen molar-refractivity contribution in [3.8, 4) is 17.2 Å². The molecule has 0 saturated carbocycles. The summed E-state index contributed by atoms with van der Waals surface area (Å²) in [6.07, 6.45) is 2.19. The fourth-order valence-corrected chi connectivity index (χ4v) is 2.21. The third-order valence-electron chi connectivity index (χ3n) is 3.29. The lowest BCUT2D eigenvalue weighted by atomic mass is 9.99. The Morgan fingerprint density at radius 3 is 2.33 bits per heavy atom. The molecule has 1 atom stereocenters. The summed E-state index contributed by atoms with van der Waals surface area (Å²) < 4.78 is 15.9. The molecule has 1 unspecified atom stereocenters. The predicted octanol–water partition coefficient (Wildman–Crippen LogP) is 2.36. The zero-order valence-electron chi connectivity index (χ0n) is 12.7. The number of ether oxygens (including phenoxy) is 3. The topological polar surface area (TPSA) is 91.0 Å². The number of hydrogen-bond acceptors (Lipinski definition) is 5. The number of nitrogens with two attached hydrogens (primary N) is 1. The second kappa shape index (κ2) is 8.36. The molecule has 0 aromatic heterocycles. The summed E-state index contributed by atoms with van der Waals surface area (Å²) in [6, 6.07) is 3.39. The van der Waals surface area contributed by atoms with Crippen molar-refractivity contribution >= 4 is 5.97 Å². The first kappa shape index (κ1) is 17.1. The number of unbranched alkanes of at least 4 members (excludes halogenated alkanes) is 1. The molecule has 1 rings (SSSR count). The van der Waals surface area contributed by atoms with E-state index < -0.39 is 5.97 Å². The minimum atomic E-state index is -0.785. The molecule has 1 aromatic rings. The fraction of sp³-hybridized carbons (Fsp3) is 0.533. The highest BCUT2D eigenvalue weighted by molar-refractivity contribution is 5.66. The maximum absolute atomic E-state index is 10.5. The molecule has 0 fully saturated rings. The Balaban J connectivity index is 2.83. The van der Waals surface area contributed by atoms with E-state index >= 15 is 0 Å². The molecule has 6 nitrogen and oxygen atoms in total. The lowest BCUT2D eigenvalue weighted by Crippen LogP contribution is -2.12. The fourth-order valence-electron chi connectivity index (χ4n) is 2.21. The van der Waals surface area contributed by atoms with Crippen molar-refractivity contribution in [3.05, 3.63) is 17.7 Å². The number of aliphatic carboxylic acids is 1. The van der Waals surface area contributed by atoms with Crippen molar-refractivity contribution in [2.45, 2.75) is 31.7 Å². The summed E-state index contributed by atoms with van der Waals surface area (Å²) in [5.41, 5.74) is 7.00. The van der Waals surface area contributed by atoms with Crippen LogP contribution in [0.25, 0.3) is 0 Å². The molecule has 1 aromatic carbocycles. The zero-order chi connectivity index (χ0) is 15.8. The van der Waals surface area contributed by atoms with Gasteiger partial charge in [-0.15, -0.1) is 0 Å². The van der Waals surface area contributed by atoms with E-state index in [4.69, 9.17) is 25.1 Å². The molecule has 0 aliphatic carbocycles. The maximum Gasteiger partial charge on any atom is 0.303 e. The Bertz CT molecular complexity index is 475. The van der Waals surface area contributed by atoms with Crippen LogP contribution in [-0.2, 0) is 4.79 Å². The van der Waals surface area contributed by atoms with Crippen molar-refractivity contribution in [3.63, 3.8) is 0 Å². The highest BCUT2D eigenvalue weighted by Gasteiger charge is 2.19. The van der Waals surface area contributed by atoms with Gasteiger partial charge in [0.15, 0.2) is 11.5 Å². The van der Waals surface area contributed by atoms with Crippen molar-refractivity contribution in [2.75, 3.05) is 21.3 Å². The smallest absolute Gasteiger partial charge is 0.303 e. The molecule has 6 heteroatoms. The summed E-state index contributed by atoms with van der Waals surface area (Å²) in [7, 11) is 4.66. The van der Waals surface area contributed by atoms with Crippen LogP contribution >= 0.6 is 0 Å². The highest BCUT2D eigenvalue weighted by atomic mass is 16.5. The monoisotopic (exact) mass is 297 g/mol. The van der Waals surface area contributed by atoms with E-state index in [0.717, 1.165) is 12.0 Å². The SMILES string of the molecule is COc1ccc(C(N)CCCCC(=O)O)c(OC)c1OC. The molecule has 0 amide bonds. The minimum Gasteiger partial charge on any atom is -0.493 e. The van der Waals surface area contributed by atoms with Crippen molar-refractivity contribution in [1.29, 1.82) is 0 Å². The molecule has 21 heavy (non-hydrogen) atoms. The molecule has 3 N–H and O–H groups in total. The molecule has 0 saturated heterocycles. The van der Waals surface area contributed by atoms with Crippen molar-refractivity contribution < 1.29 is 24.1 Å². The molecule has 0 heterocycles. The molecule has 0 aliphatic heterocycles. The van der Waals surface area contributed by atoms with Crippen LogP contribution in [-0.4, -0.2) is 32.4 Å². The molecular formula is C15H23NO5. The normalized spacial score (nSPS) is 11.8. The molecule has 118 valence electrons. The lowest BCUT2D eigenvalue weighted by molar-refractivity contribution is -0.137. The van der Waals surface area contributed by atoms with Crippen LogP contribution in [0.5, 0.6) is 17.2 Å². The number of methoxy groups -OCH3 is 3. The largest absolute Gasteiger partial charge is 0.493 e. The van der Waals surface area contributed by atoms with E-state index in [-0.39, 0.29) is 12.5 Å². The van der Waals surface area contributed by atoms with E-state index in [1.54, 1.807) is 27.4 Å². The number of benzene rings is 1. The number of carboxylic acids is 1. The van der Waals surface area contributed by atoms with Crippen LogP contribution < -0.4 is 19.9 Å². The van der Waals surface area contributed by atoms with Crippen LogP contribution in [0.4, 0.5) is 0 Å². The second-order valence-electron chi connectivity index (χ2n) is 4.67. The van der Waals surface area contributed by atoms with Crippen molar-refractivity contribution in [2.24, 2.45) is 5.73 Å². The van der Waals surface area contributed by atoms with Gasteiger partial charge in [0.1, 0.15) is 0 Å². The number of hydrogen-bond donors (Lipinski definition) is 2. The van der Waals surface area contributed by atoms with Gasteiger partial charge in [-0.1, -0.05) is 6.42 Å². The van der Waals surface area contributed by atoms with Gasteiger partial charge >= 0.3 is 5.97 Å². The van der Waals surface area contributed by atoms with Crippen molar-refractivity contribution in [1.82, 2.24) is 0 Å². The second-order valence-corrected chi connectivity index (χ2v) is 4.67. The standard InChI is InChI=1S/C15H23NO5/c1-19-12-9-8-10(14(20-2)15(12)21-3)11(16)6-4-5-7-13(17)18/h8-9,11H,4-7,16H2,1-3H3,(H,17,18). The molecule has 0 bridgehead atoms. The van der Waals surface area contributed by atoms with Gasteiger partial charge in [0.2, 0.25) is 5.75 Å². The Morgan fingerprint density at radius 1 is 1.14 bits per heavy atom. The van der Waals surface area contributed by atoms with Gasteiger partial charge in [0.25, 0.3) is 0 Å². The van der Waals surface area contributed by atoms with Gasteiger partial charge in [0.05, 0.1) is 21.3 Å². The van der Waals surface area contributed by atoms with Gasteiger partial charge in [-0.05, 0) is 25.0 Å². The summed E-state index contributed by atoms with van der Waals surface area (Å²) in [5, 5.41) is 8.62. The first-order valence-corrected chi connectivity index (χ1v) is 6.81. The molecule has 0 aliphatic rings.